The average Bonchev–Trinajstić information content (AvgIpc) is 2.94. The van der Waals surface area contributed by atoms with Gasteiger partial charge in [0, 0.05) is 60.8 Å². The Morgan fingerprint density at radius 2 is 1.73 bits per heavy atom. The Labute approximate surface area is 217 Å². The van der Waals surface area contributed by atoms with Crippen molar-refractivity contribution in [2.75, 3.05) is 30.4 Å². The fourth-order valence-electron chi connectivity index (χ4n) is 5.46. The zero-order valence-corrected chi connectivity index (χ0v) is 21.2. The van der Waals surface area contributed by atoms with E-state index in [9.17, 15) is 10.1 Å². The standard InChI is InChI=1S/C28H34N6O3/c1-37-24-14-8-20(9-15-24)25-16-17-29-28(31-25)32-27-7-3-2-6-26(27)30-21-5-4-18-33(19-21)22-10-12-23(13-11-22)34(35)36/h8-17,21,26-27,30H,2-7,18-19H2,1H3,(H,29,31,32)/t21?,26-,27-/m1/s1. The summed E-state index contributed by atoms with van der Waals surface area (Å²) in [4.78, 5) is 22.3. The first-order chi connectivity index (χ1) is 18.1. The number of anilines is 2. The second-order valence-electron chi connectivity index (χ2n) is 9.86. The van der Waals surface area contributed by atoms with E-state index >= 15 is 0 Å². The number of methoxy groups -OCH3 is 1. The van der Waals surface area contributed by atoms with Crippen LogP contribution in [0.25, 0.3) is 11.3 Å². The van der Waals surface area contributed by atoms with Crippen molar-refractivity contribution in [1.29, 1.82) is 0 Å². The van der Waals surface area contributed by atoms with Crippen LogP contribution in [0, 0.1) is 10.1 Å². The Hall–Kier alpha value is -3.72. The maximum Gasteiger partial charge on any atom is 0.269 e. The number of non-ortho nitro benzene ring substituents is 1. The van der Waals surface area contributed by atoms with E-state index in [-0.39, 0.29) is 16.7 Å². The van der Waals surface area contributed by atoms with Crippen molar-refractivity contribution in [3.63, 3.8) is 0 Å². The van der Waals surface area contributed by atoms with Gasteiger partial charge < -0.3 is 20.3 Å². The van der Waals surface area contributed by atoms with Crippen LogP contribution in [-0.2, 0) is 0 Å². The van der Waals surface area contributed by atoms with E-state index in [1.807, 2.05) is 48.7 Å². The third-order valence-electron chi connectivity index (χ3n) is 7.42. The van der Waals surface area contributed by atoms with E-state index in [1.165, 1.54) is 12.8 Å². The molecule has 2 aliphatic rings. The molecule has 0 bridgehead atoms. The number of aromatic nitrogens is 2. The summed E-state index contributed by atoms with van der Waals surface area (Å²) in [6.07, 6.45) is 8.61. The number of hydrogen-bond acceptors (Lipinski definition) is 8. The van der Waals surface area contributed by atoms with Crippen LogP contribution in [0.4, 0.5) is 17.3 Å². The summed E-state index contributed by atoms with van der Waals surface area (Å²) in [6.45, 7) is 1.86. The van der Waals surface area contributed by atoms with Crippen molar-refractivity contribution >= 4 is 17.3 Å². The maximum atomic E-state index is 11.0. The molecule has 0 spiro atoms. The quantitative estimate of drug-likeness (QED) is 0.326. The van der Waals surface area contributed by atoms with Crippen LogP contribution in [0.15, 0.2) is 60.8 Å². The molecule has 0 amide bonds. The number of nitro groups is 1. The highest BCUT2D eigenvalue weighted by atomic mass is 16.6. The van der Waals surface area contributed by atoms with Gasteiger partial charge in [-0.25, -0.2) is 9.97 Å². The van der Waals surface area contributed by atoms with Gasteiger partial charge in [-0.15, -0.1) is 0 Å². The molecular weight excluding hydrogens is 468 g/mol. The van der Waals surface area contributed by atoms with E-state index in [2.05, 4.69) is 20.5 Å². The van der Waals surface area contributed by atoms with E-state index in [0.29, 0.717) is 18.0 Å². The Bertz CT molecular complexity index is 1190. The molecule has 1 saturated heterocycles. The van der Waals surface area contributed by atoms with Crippen LogP contribution in [0.3, 0.4) is 0 Å². The Morgan fingerprint density at radius 1 is 0.973 bits per heavy atom. The van der Waals surface area contributed by atoms with Crippen molar-refractivity contribution in [3.8, 4) is 17.0 Å². The monoisotopic (exact) mass is 502 g/mol. The lowest BCUT2D eigenvalue weighted by Crippen LogP contribution is -2.55. The highest BCUT2D eigenvalue weighted by Gasteiger charge is 2.30. The highest BCUT2D eigenvalue weighted by molar-refractivity contribution is 5.61. The largest absolute Gasteiger partial charge is 0.497 e. The van der Waals surface area contributed by atoms with Gasteiger partial charge in [0.25, 0.3) is 5.69 Å². The third-order valence-corrected chi connectivity index (χ3v) is 7.42. The average molecular weight is 503 g/mol. The Balaban J connectivity index is 1.23. The molecule has 2 aromatic carbocycles. The summed E-state index contributed by atoms with van der Waals surface area (Å²) in [7, 11) is 1.66. The number of rotatable bonds is 8. The van der Waals surface area contributed by atoms with Gasteiger partial charge in [-0.2, -0.15) is 0 Å². The molecule has 1 aliphatic heterocycles. The number of nitrogens with zero attached hydrogens (tertiary/aromatic N) is 4. The first-order valence-corrected chi connectivity index (χ1v) is 13.1. The van der Waals surface area contributed by atoms with Gasteiger partial charge in [0.2, 0.25) is 5.95 Å². The van der Waals surface area contributed by atoms with Crippen molar-refractivity contribution in [1.82, 2.24) is 15.3 Å². The van der Waals surface area contributed by atoms with E-state index in [1.54, 1.807) is 19.2 Å². The zero-order chi connectivity index (χ0) is 25.6. The minimum Gasteiger partial charge on any atom is -0.497 e. The topological polar surface area (TPSA) is 105 Å². The van der Waals surface area contributed by atoms with Crippen LogP contribution in [0.1, 0.15) is 38.5 Å². The molecule has 194 valence electrons. The second-order valence-corrected chi connectivity index (χ2v) is 9.86. The summed E-state index contributed by atoms with van der Waals surface area (Å²) >= 11 is 0. The lowest BCUT2D eigenvalue weighted by atomic mass is 9.89. The molecule has 2 fully saturated rings. The zero-order valence-electron chi connectivity index (χ0n) is 21.2. The van der Waals surface area contributed by atoms with Gasteiger partial charge in [0.05, 0.1) is 17.7 Å². The summed E-state index contributed by atoms with van der Waals surface area (Å²) < 4.78 is 5.27. The highest BCUT2D eigenvalue weighted by Crippen LogP contribution is 2.27. The number of nitrogens with one attached hydrogen (secondary N) is 2. The maximum absolute atomic E-state index is 11.0. The van der Waals surface area contributed by atoms with E-state index < -0.39 is 0 Å². The number of piperidine rings is 1. The van der Waals surface area contributed by atoms with Crippen LogP contribution in [-0.4, -0.2) is 53.2 Å². The Kier molecular flexibility index (Phi) is 7.79. The van der Waals surface area contributed by atoms with Crippen LogP contribution >= 0.6 is 0 Å². The van der Waals surface area contributed by atoms with Crippen molar-refractivity contribution in [2.45, 2.75) is 56.7 Å². The van der Waals surface area contributed by atoms with Gasteiger partial charge in [0.1, 0.15) is 5.75 Å². The van der Waals surface area contributed by atoms with Crippen LogP contribution < -0.4 is 20.3 Å². The van der Waals surface area contributed by atoms with E-state index in [0.717, 1.165) is 61.5 Å². The molecule has 3 atom stereocenters. The normalized spacial score (nSPS) is 21.9. The smallest absolute Gasteiger partial charge is 0.269 e. The minimum absolute atomic E-state index is 0.129. The third kappa shape index (κ3) is 6.17. The summed E-state index contributed by atoms with van der Waals surface area (Å²) in [5.41, 5.74) is 3.08. The first-order valence-electron chi connectivity index (χ1n) is 13.1. The molecular formula is C28H34N6O3. The molecule has 1 saturated carbocycles. The molecule has 9 heteroatoms. The predicted octanol–water partition coefficient (Wildman–Crippen LogP) is 5.04. The molecule has 1 aromatic heterocycles. The number of hydrogen-bond donors (Lipinski definition) is 2. The number of nitro benzene ring substituents is 1. The number of benzene rings is 2. The van der Waals surface area contributed by atoms with Gasteiger partial charge in [-0.1, -0.05) is 12.8 Å². The van der Waals surface area contributed by atoms with E-state index in [4.69, 9.17) is 9.72 Å². The van der Waals surface area contributed by atoms with Crippen molar-refractivity contribution in [3.05, 3.63) is 70.9 Å². The lowest BCUT2D eigenvalue weighted by molar-refractivity contribution is -0.384. The fraction of sp³-hybridized carbons (Fsp3) is 0.429. The molecule has 1 aliphatic carbocycles. The molecule has 9 nitrogen and oxygen atoms in total. The SMILES string of the molecule is COc1ccc(-c2ccnc(N[C@@H]3CCCC[C@H]3NC3CCCN(c4ccc([N+](=O)[O-])cc4)C3)n2)cc1. The first kappa shape index (κ1) is 25.0. The van der Waals surface area contributed by atoms with Gasteiger partial charge in [0.15, 0.2) is 0 Å². The predicted molar refractivity (Wildman–Crippen MR) is 145 cm³/mol. The second kappa shape index (κ2) is 11.6. The molecule has 37 heavy (non-hydrogen) atoms. The van der Waals surface area contributed by atoms with Crippen LogP contribution in [0.5, 0.6) is 5.75 Å². The molecule has 2 N–H and O–H groups in total. The lowest BCUT2D eigenvalue weighted by Gasteiger charge is -2.40. The fourth-order valence-corrected chi connectivity index (χ4v) is 5.46. The molecule has 0 radical (unpaired) electrons. The Morgan fingerprint density at radius 3 is 2.46 bits per heavy atom. The molecule has 1 unspecified atom stereocenters. The van der Waals surface area contributed by atoms with Crippen molar-refractivity contribution in [2.24, 2.45) is 0 Å². The summed E-state index contributed by atoms with van der Waals surface area (Å²) in [5, 5.41) is 18.6. The molecule has 5 rings (SSSR count). The molecule has 2 heterocycles. The summed E-state index contributed by atoms with van der Waals surface area (Å²) in [6, 6.07) is 17.7. The van der Waals surface area contributed by atoms with Gasteiger partial charge >= 0.3 is 0 Å². The van der Waals surface area contributed by atoms with Gasteiger partial charge in [-0.05, 0) is 68.1 Å². The van der Waals surface area contributed by atoms with Gasteiger partial charge in [-0.3, -0.25) is 10.1 Å². The van der Waals surface area contributed by atoms with Crippen LogP contribution in [0.2, 0.25) is 0 Å². The minimum atomic E-state index is -0.350. The summed E-state index contributed by atoms with van der Waals surface area (Å²) in [5.74, 6) is 1.48. The van der Waals surface area contributed by atoms with Crippen molar-refractivity contribution < 1.29 is 9.66 Å². The number of ether oxygens (including phenoxy) is 1. The molecule has 3 aromatic rings.